The molecule has 4 nitrogen and oxygen atoms in total. The molecular formula is C12H16N2O2. The van der Waals surface area contributed by atoms with Crippen LogP contribution in [-0.4, -0.2) is 21.0 Å². The van der Waals surface area contributed by atoms with Crippen molar-refractivity contribution in [1.82, 2.24) is 9.97 Å². The van der Waals surface area contributed by atoms with E-state index in [0.29, 0.717) is 12.3 Å². The van der Waals surface area contributed by atoms with Crippen LogP contribution in [0.5, 0.6) is 0 Å². The van der Waals surface area contributed by atoms with Crippen molar-refractivity contribution >= 4 is 5.97 Å². The summed E-state index contributed by atoms with van der Waals surface area (Å²) in [6.45, 7) is 1.88. The molecule has 0 spiro atoms. The van der Waals surface area contributed by atoms with Crippen LogP contribution in [0, 0.1) is 6.92 Å². The maximum Gasteiger partial charge on any atom is 0.303 e. The molecule has 2 rings (SSSR count). The number of nitrogens with zero attached hydrogens (tertiary/aromatic N) is 2. The lowest BCUT2D eigenvalue weighted by Gasteiger charge is -2.26. The van der Waals surface area contributed by atoms with Gasteiger partial charge in [0.15, 0.2) is 0 Å². The van der Waals surface area contributed by atoms with E-state index >= 15 is 0 Å². The molecule has 0 atom stereocenters. The van der Waals surface area contributed by atoms with E-state index in [1.807, 2.05) is 6.92 Å². The van der Waals surface area contributed by atoms with Gasteiger partial charge in [-0.1, -0.05) is 6.42 Å². The Balaban J connectivity index is 2.17. The highest BCUT2D eigenvalue weighted by Gasteiger charge is 2.24. The third kappa shape index (κ3) is 2.38. The average molecular weight is 220 g/mol. The quantitative estimate of drug-likeness (QED) is 0.843. The largest absolute Gasteiger partial charge is 0.481 e. The second-order valence-electron chi connectivity index (χ2n) is 4.35. The second-order valence-corrected chi connectivity index (χ2v) is 4.35. The third-order valence-corrected chi connectivity index (χ3v) is 3.12. The van der Waals surface area contributed by atoms with Crippen LogP contribution >= 0.6 is 0 Å². The van der Waals surface area contributed by atoms with Crippen molar-refractivity contribution in [2.24, 2.45) is 0 Å². The normalized spacial score (nSPS) is 15.8. The molecule has 0 radical (unpaired) electrons. The number of carboxylic acids is 1. The molecule has 0 unspecified atom stereocenters. The maximum absolute atomic E-state index is 10.6. The minimum Gasteiger partial charge on any atom is -0.481 e. The van der Waals surface area contributed by atoms with Crippen LogP contribution < -0.4 is 0 Å². The third-order valence-electron chi connectivity index (χ3n) is 3.12. The molecule has 1 aliphatic rings. The zero-order chi connectivity index (χ0) is 11.5. The Labute approximate surface area is 94.7 Å². The van der Waals surface area contributed by atoms with Crippen molar-refractivity contribution in [1.29, 1.82) is 0 Å². The maximum atomic E-state index is 10.6. The zero-order valence-corrected chi connectivity index (χ0v) is 9.44. The first kappa shape index (κ1) is 11.0. The van der Waals surface area contributed by atoms with Crippen LogP contribution in [-0.2, 0) is 11.2 Å². The topological polar surface area (TPSA) is 63.1 Å². The molecule has 0 saturated heterocycles. The van der Waals surface area contributed by atoms with E-state index in [0.717, 1.165) is 17.1 Å². The molecule has 1 aromatic heterocycles. The Morgan fingerprint density at radius 3 is 2.88 bits per heavy atom. The Kier molecular flexibility index (Phi) is 3.17. The summed E-state index contributed by atoms with van der Waals surface area (Å²) in [6.07, 6.45) is 6.10. The summed E-state index contributed by atoms with van der Waals surface area (Å²) >= 11 is 0. The molecule has 1 aromatic rings. The second kappa shape index (κ2) is 4.60. The van der Waals surface area contributed by atoms with Crippen LogP contribution in [0.4, 0.5) is 0 Å². The number of hydrogen-bond acceptors (Lipinski definition) is 3. The Morgan fingerprint density at radius 1 is 1.56 bits per heavy atom. The lowest BCUT2D eigenvalue weighted by molar-refractivity contribution is -0.136. The highest BCUT2D eigenvalue weighted by Crippen LogP contribution is 2.37. The molecular weight excluding hydrogens is 204 g/mol. The fourth-order valence-corrected chi connectivity index (χ4v) is 1.98. The summed E-state index contributed by atoms with van der Waals surface area (Å²) in [5.41, 5.74) is 2.10. The fraction of sp³-hybridized carbons (Fsp3) is 0.583. The summed E-state index contributed by atoms with van der Waals surface area (Å²) in [4.78, 5) is 19.2. The highest BCUT2D eigenvalue weighted by molar-refractivity contribution is 5.67. The van der Waals surface area contributed by atoms with Gasteiger partial charge in [0.2, 0.25) is 0 Å². The summed E-state index contributed by atoms with van der Waals surface area (Å²) < 4.78 is 0. The molecule has 1 fully saturated rings. The van der Waals surface area contributed by atoms with Crippen LogP contribution in [0.1, 0.15) is 48.7 Å². The molecule has 4 heteroatoms. The standard InChI is InChI=1S/C12H16N2O2/c1-8-13-7-10(5-6-11(15)16)12(14-8)9-3-2-4-9/h7,9H,2-6H2,1H3,(H,15,16). The van der Waals surface area contributed by atoms with Gasteiger partial charge in [-0.15, -0.1) is 0 Å². The molecule has 1 heterocycles. The van der Waals surface area contributed by atoms with Gasteiger partial charge in [0.05, 0.1) is 5.69 Å². The number of carbonyl (C=O) groups is 1. The first-order valence-corrected chi connectivity index (χ1v) is 5.71. The van der Waals surface area contributed by atoms with Crippen LogP contribution in [0.25, 0.3) is 0 Å². The smallest absolute Gasteiger partial charge is 0.303 e. The van der Waals surface area contributed by atoms with Gasteiger partial charge in [0.25, 0.3) is 0 Å². The van der Waals surface area contributed by atoms with E-state index < -0.39 is 5.97 Å². The van der Waals surface area contributed by atoms with Crippen LogP contribution in [0.2, 0.25) is 0 Å². The van der Waals surface area contributed by atoms with E-state index in [2.05, 4.69) is 9.97 Å². The van der Waals surface area contributed by atoms with Gasteiger partial charge in [0, 0.05) is 18.5 Å². The summed E-state index contributed by atoms with van der Waals surface area (Å²) in [5.74, 6) is 0.548. The molecule has 1 N–H and O–H groups in total. The van der Waals surface area contributed by atoms with E-state index in [1.165, 1.54) is 19.3 Å². The number of carboxylic acid groups (broad SMARTS) is 1. The van der Waals surface area contributed by atoms with Gasteiger partial charge in [-0.2, -0.15) is 0 Å². The summed E-state index contributed by atoms with van der Waals surface area (Å²) in [5, 5.41) is 8.69. The molecule has 86 valence electrons. The molecule has 0 aromatic carbocycles. The lowest BCUT2D eigenvalue weighted by Crippen LogP contribution is -2.15. The predicted octanol–water partition coefficient (Wildman–Crippen LogP) is 2.07. The van der Waals surface area contributed by atoms with E-state index in [4.69, 9.17) is 5.11 Å². The molecule has 0 amide bonds. The van der Waals surface area contributed by atoms with Gasteiger partial charge >= 0.3 is 5.97 Å². The minimum absolute atomic E-state index is 0.159. The molecule has 1 saturated carbocycles. The van der Waals surface area contributed by atoms with Crippen molar-refractivity contribution in [2.75, 3.05) is 0 Å². The number of rotatable bonds is 4. The van der Waals surface area contributed by atoms with E-state index in [9.17, 15) is 4.79 Å². The first-order valence-electron chi connectivity index (χ1n) is 5.71. The number of aromatic nitrogens is 2. The highest BCUT2D eigenvalue weighted by atomic mass is 16.4. The van der Waals surface area contributed by atoms with Crippen molar-refractivity contribution in [2.45, 2.75) is 44.9 Å². The predicted molar refractivity (Wildman–Crippen MR) is 59.3 cm³/mol. The summed E-state index contributed by atoms with van der Waals surface area (Å²) in [6, 6.07) is 0. The van der Waals surface area contributed by atoms with Gasteiger partial charge in [-0.3, -0.25) is 4.79 Å². The van der Waals surface area contributed by atoms with Crippen molar-refractivity contribution < 1.29 is 9.90 Å². The minimum atomic E-state index is -0.764. The van der Waals surface area contributed by atoms with Gasteiger partial charge in [-0.25, -0.2) is 9.97 Å². The Hall–Kier alpha value is -1.45. The van der Waals surface area contributed by atoms with E-state index in [1.54, 1.807) is 6.20 Å². The summed E-state index contributed by atoms with van der Waals surface area (Å²) in [7, 11) is 0. The zero-order valence-electron chi connectivity index (χ0n) is 9.44. The van der Waals surface area contributed by atoms with Gasteiger partial charge < -0.3 is 5.11 Å². The fourth-order valence-electron chi connectivity index (χ4n) is 1.98. The molecule has 0 bridgehead atoms. The van der Waals surface area contributed by atoms with Crippen molar-refractivity contribution in [3.8, 4) is 0 Å². The SMILES string of the molecule is Cc1ncc(CCC(=O)O)c(C2CCC2)n1. The Morgan fingerprint density at radius 2 is 2.31 bits per heavy atom. The van der Waals surface area contributed by atoms with Gasteiger partial charge in [0.1, 0.15) is 5.82 Å². The van der Waals surface area contributed by atoms with Crippen LogP contribution in [0.15, 0.2) is 6.20 Å². The lowest BCUT2D eigenvalue weighted by atomic mass is 9.81. The van der Waals surface area contributed by atoms with Crippen molar-refractivity contribution in [3.05, 3.63) is 23.3 Å². The number of aliphatic carboxylic acids is 1. The Bertz CT molecular complexity index is 400. The van der Waals surface area contributed by atoms with Gasteiger partial charge in [-0.05, 0) is 31.7 Å². The number of aryl methyl sites for hydroxylation is 2. The molecule has 16 heavy (non-hydrogen) atoms. The average Bonchev–Trinajstić information content (AvgIpc) is 2.13. The van der Waals surface area contributed by atoms with E-state index in [-0.39, 0.29) is 6.42 Å². The molecule has 0 aliphatic heterocycles. The van der Waals surface area contributed by atoms with Crippen LogP contribution in [0.3, 0.4) is 0 Å². The molecule has 1 aliphatic carbocycles. The number of hydrogen-bond donors (Lipinski definition) is 1. The first-order chi connectivity index (χ1) is 7.66. The monoisotopic (exact) mass is 220 g/mol. The van der Waals surface area contributed by atoms with Crippen molar-refractivity contribution in [3.63, 3.8) is 0 Å².